The quantitative estimate of drug-likeness (QED) is 0.149. The fraction of sp³-hybridized carbons (Fsp3) is 0.120. The van der Waals surface area contributed by atoms with Crippen molar-refractivity contribution in [3.05, 3.63) is 105 Å². The summed E-state index contributed by atoms with van der Waals surface area (Å²) in [6.07, 6.45) is 1.42. The van der Waals surface area contributed by atoms with Crippen molar-refractivity contribution in [1.82, 2.24) is 0 Å². The zero-order valence-electron chi connectivity index (χ0n) is 17.4. The molecule has 0 saturated carbocycles. The number of nitro benzene ring substituents is 1. The molecule has 7 nitrogen and oxygen atoms in total. The third-order valence-corrected chi connectivity index (χ3v) is 4.50. The highest BCUT2D eigenvalue weighted by molar-refractivity contribution is 6.14. The van der Waals surface area contributed by atoms with Crippen molar-refractivity contribution in [2.24, 2.45) is 0 Å². The van der Waals surface area contributed by atoms with Gasteiger partial charge >= 0.3 is 0 Å². The Morgan fingerprint density at radius 2 is 1.81 bits per heavy atom. The largest absolute Gasteiger partial charge is 0.490 e. The zero-order valence-corrected chi connectivity index (χ0v) is 17.4. The molecule has 0 radical (unpaired) electrons. The number of nitro groups is 1. The molecule has 0 heterocycles. The van der Waals surface area contributed by atoms with Crippen LogP contribution in [0.15, 0.2) is 78.4 Å². The van der Waals surface area contributed by atoms with Crippen molar-refractivity contribution in [2.75, 3.05) is 6.61 Å². The molecule has 3 rings (SSSR count). The first-order chi connectivity index (χ1) is 15.5. The lowest BCUT2D eigenvalue weighted by Crippen LogP contribution is -2.03. The Kier molecular flexibility index (Phi) is 7.33. The molecule has 0 aliphatic rings. The second-order valence-electron chi connectivity index (χ2n) is 6.72. The molecule has 0 aromatic heterocycles. The lowest BCUT2D eigenvalue weighted by atomic mass is 10.0. The van der Waals surface area contributed by atoms with E-state index in [1.165, 1.54) is 24.3 Å². The predicted molar refractivity (Wildman–Crippen MR) is 119 cm³/mol. The Balaban J connectivity index is 1.86. The summed E-state index contributed by atoms with van der Waals surface area (Å²) in [4.78, 5) is 23.1. The van der Waals surface area contributed by atoms with E-state index in [-0.39, 0.29) is 16.8 Å². The second-order valence-corrected chi connectivity index (χ2v) is 6.72. The van der Waals surface area contributed by atoms with Gasteiger partial charge in [-0.25, -0.2) is 0 Å². The van der Waals surface area contributed by atoms with Crippen LogP contribution in [0.1, 0.15) is 28.4 Å². The summed E-state index contributed by atoms with van der Waals surface area (Å²) in [6.45, 7) is 2.62. The standard InChI is InChI=1S/C25H20N2O5/c1-2-31-24-14-19(11-12-23(24)32-17-18-7-4-3-5-8-18)13-21(16-26)25(28)20-9-6-10-22(15-20)27(29)30/h3-15H,2,17H2,1H3/b21-13+. The van der Waals surface area contributed by atoms with E-state index in [1.807, 2.05) is 43.3 Å². The van der Waals surface area contributed by atoms with Gasteiger partial charge in [-0.05, 0) is 36.3 Å². The SMILES string of the molecule is CCOc1cc(/C=C(\C#N)C(=O)c2cccc([N+](=O)[O-])c2)ccc1OCc1ccccc1. The maximum absolute atomic E-state index is 12.7. The van der Waals surface area contributed by atoms with Gasteiger partial charge in [0.15, 0.2) is 11.5 Å². The van der Waals surface area contributed by atoms with Gasteiger partial charge in [0.2, 0.25) is 5.78 Å². The van der Waals surface area contributed by atoms with Crippen LogP contribution in [0.25, 0.3) is 6.08 Å². The summed E-state index contributed by atoms with van der Waals surface area (Å²) in [5.74, 6) is 0.423. The zero-order chi connectivity index (χ0) is 22.9. The summed E-state index contributed by atoms with van der Waals surface area (Å²) in [5.41, 5.74) is 1.28. The first-order valence-corrected chi connectivity index (χ1v) is 9.86. The average Bonchev–Trinajstić information content (AvgIpc) is 2.82. The van der Waals surface area contributed by atoms with Crippen molar-refractivity contribution >= 4 is 17.5 Å². The van der Waals surface area contributed by atoms with E-state index in [1.54, 1.807) is 18.2 Å². The van der Waals surface area contributed by atoms with E-state index in [0.29, 0.717) is 30.3 Å². The number of rotatable bonds is 9. The normalized spacial score (nSPS) is 10.8. The highest BCUT2D eigenvalue weighted by Gasteiger charge is 2.16. The van der Waals surface area contributed by atoms with Crippen molar-refractivity contribution in [2.45, 2.75) is 13.5 Å². The van der Waals surface area contributed by atoms with E-state index in [0.717, 1.165) is 11.6 Å². The van der Waals surface area contributed by atoms with Crippen LogP contribution in [0, 0.1) is 21.4 Å². The van der Waals surface area contributed by atoms with Gasteiger partial charge in [-0.1, -0.05) is 48.5 Å². The van der Waals surface area contributed by atoms with Gasteiger partial charge in [0.1, 0.15) is 18.2 Å². The van der Waals surface area contributed by atoms with Crippen molar-refractivity contribution in [3.63, 3.8) is 0 Å². The number of non-ortho nitro benzene ring substituents is 1. The van der Waals surface area contributed by atoms with Gasteiger partial charge < -0.3 is 9.47 Å². The molecule has 0 fully saturated rings. The fourth-order valence-electron chi connectivity index (χ4n) is 2.97. The molecule has 160 valence electrons. The maximum atomic E-state index is 12.7. The smallest absolute Gasteiger partial charge is 0.270 e. The van der Waals surface area contributed by atoms with Crippen LogP contribution < -0.4 is 9.47 Å². The number of Topliss-reactive ketones (excluding diaryl/α,β-unsaturated/α-hetero) is 1. The number of ketones is 1. The topological polar surface area (TPSA) is 102 Å². The van der Waals surface area contributed by atoms with E-state index in [4.69, 9.17) is 9.47 Å². The molecule has 7 heteroatoms. The third kappa shape index (κ3) is 5.58. The molecule has 32 heavy (non-hydrogen) atoms. The predicted octanol–water partition coefficient (Wildman–Crippen LogP) is 5.36. The van der Waals surface area contributed by atoms with Gasteiger partial charge in [0.05, 0.1) is 11.5 Å². The monoisotopic (exact) mass is 428 g/mol. The summed E-state index contributed by atoms with van der Waals surface area (Å²) >= 11 is 0. The molecular formula is C25H20N2O5. The lowest BCUT2D eigenvalue weighted by Gasteiger charge is -2.13. The second kappa shape index (κ2) is 10.5. The molecule has 3 aromatic carbocycles. The van der Waals surface area contributed by atoms with E-state index < -0.39 is 10.7 Å². The van der Waals surface area contributed by atoms with Gasteiger partial charge in [0, 0.05) is 17.7 Å². The molecule has 0 spiro atoms. The van der Waals surface area contributed by atoms with Crippen LogP contribution >= 0.6 is 0 Å². The minimum atomic E-state index is -0.599. The van der Waals surface area contributed by atoms with Crippen molar-refractivity contribution in [3.8, 4) is 17.6 Å². The highest BCUT2D eigenvalue weighted by Crippen LogP contribution is 2.30. The molecule has 3 aromatic rings. The van der Waals surface area contributed by atoms with E-state index >= 15 is 0 Å². The van der Waals surface area contributed by atoms with E-state index in [2.05, 4.69) is 0 Å². The Morgan fingerprint density at radius 1 is 1.03 bits per heavy atom. The van der Waals surface area contributed by atoms with Crippen LogP contribution in [0.4, 0.5) is 5.69 Å². The Hall–Kier alpha value is -4.44. The summed E-state index contributed by atoms with van der Waals surface area (Å²) in [6, 6.07) is 22.0. The summed E-state index contributed by atoms with van der Waals surface area (Å²) in [7, 11) is 0. The third-order valence-electron chi connectivity index (χ3n) is 4.50. The minimum Gasteiger partial charge on any atom is -0.490 e. The van der Waals surface area contributed by atoms with E-state index in [9.17, 15) is 20.2 Å². The Bertz CT molecular complexity index is 1200. The molecule has 0 atom stereocenters. The average molecular weight is 428 g/mol. The summed E-state index contributed by atoms with van der Waals surface area (Å²) < 4.78 is 11.5. The molecule has 0 unspecified atom stereocenters. The fourth-order valence-corrected chi connectivity index (χ4v) is 2.97. The van der Waals surface area contributed by atoms with Crippen LogP contribution in [-0.2, 0) is 6.61 Å². The minimum absolute atomic E-state index is 0.0693. The lowest BCUT2D eigenvalue weighted by molar-refractivity contribution is -0.384. The number of hydrogen-bond donors (Lipinski definition) is 0. The van der Waals surface area contributed by atoms with Crippen LogP contribution in [-0.4, -0.2) is 17.3 Å². The van der Waals surface area contributed by atoms with Crippen LogP contribution in [0.2, 0.25) is 0 Å². The van der Waals surface area contributed by atoms with Crippen molar-refractivity contribution < 1.29 is 19.2 Å². The number of benzene rings is 3. The number of allylic oxidation sites excluding steroid dienone is 1. The van der Waals surface area contributed by atoms with Gasteiger partial charge in [-0.3, -0.25) is 14.9 Å². The number of carbonyl (C=O) groups excluding carboxylic acids is 1. The molecule has 0 aliphatic heterocycles. The van der Waals surface area contributed by atoms with Gasteiger partial charge in [-0.2, -0.15) is 5.26 Å². The molecule has 0 aliphatic carbocycles. The highest BCUT2D eigenvalue weighted by atomic mass is 16.6. The van der Waals surface area contributed by atoms with Gasteiger partial charge in [0.25, 0.3) is 5.69 Å². The number of nitriles is 1. The molecule has 0 saturated heterocycles. The number of nitrogens with zero attached hydrogens (tertiary/aromatic N) is 2. The summed E-state index contributed by atoms with van der Waals surface area (Å²) in [5, 5.41) is 20.5. The first-order valence-electron chi connectivity index (χ1n) is 9.86. The number of carbonyl (C=O) groups is 1. The van der Waals surface area contributed by atoms with Crippen LogP contribution in [0.5, 0.6) is 11.5 Å². The maximum Gasteiger partial charge on any atom is 0.270 e. The molecule has 0 bridgehead atoms. The molecule has 0 amide bonds. The first kappa shape index (κ1) is 22.2. The Labute approximate surface area is 185 Å². The molecule has 0 N–H and O–H groups in total. The van der Waals surface area contributed by atoms with Crippen LogP contribution in [0.3, 0.4) is 0 Å². The number of hydrogen-bond acceptors (Lipinski definition) is 6. The Morgan fingerprint density at radius 3 is 2.50 bits per heavy atom. The molecular weight excluding hydrogens is 408 g/mol. The van der Waals surface area contributed by atoms with Gasteiger partial charge in [-0.15, -0.1) is 0 Å². The van der Waals surface area contributed by atoms with Crippen molar-refractivity contribution in [1.29, 1.82) is 5.26 Å². The number of ether oxygens (including phenoxy) is 2.